The van der Waals surface area contributed by atoms with E-state index in [1.807, 2.05) is 6.92 Å². The summed E-state index contributed by atoms with van der Waals surface area (Å²) in [6, 6.07) is 0. The van der Waals surface area contributed by atoms with Crippen LogP contribution in [0.3, 0.4) is 0 Å². The molecule has 2 rings (SSSR count). The van der Waals surface area contributed by atoms with Gasteiger partial charge in [0.2, 0.25) is 5.88 Å². The number of ether oxygens (including phenoxy) is 1. The molecular formula is C9H11N5OS2. The fraction of sp³-hybridized carbons (Fsp3) is 0.333. The van der Waals surface area contributed by atoms with Gasteiger partial charge in [-0.3, -0.25) is 0 Å². The number of nitrogen functional groups attached to an aromatic ring is 1. The van der Waals surface area contributed by atoms with E-state index in [-0.39, 0.29) is 0 Å². The molecule has 8 heteroatoms. The first kappa shape index (κ1) is 12.1. The van der Waals surface area contributed by atoms with Gasteiger partial charge >= 0.3 is 0 Å². The van der Waals surface area contributed by atoms with Crippen LogP contribution in [0.4, 0.5) is 5.69 Å². The molecule has 0 aromatic carbocycles. The van der Waals surface area contributed by atoms with E-state index in [9.17, 15) is 0 Å². The summed E-state index contributed by atoms with van der Waals surface area (Å²) in [6.07, 6.45) is 3.84. The molecule has 2 aromatic heterocycles. The summed E-state index contributed by atoms with van der Waals surface area (Å²) in [5.41, 5.74) is 6.37. The minimum atomic E-state index is 0.425. The first-order chi connectivity index (χ1) is 8.31. The molecule has 0 spiro atoms. The lowest BCUT2D eigenvalue weighted by atomic mass is 10.5. The zero-order valence-corrected chi connectivity index (χ0v) is 10.8. The second kappa shape index (κ2) is 5.78. The predicted molar refractivity (Wildman–Crippen MR) is 66.3 cm³/mol. The van der Waals surface area contributed by atoms with Crippen LogP contribution in [-0.2, 0) is 0 Å². The summed E-state index contributed by atoms with van der Waals surface area (Å²) in [5.74, 6) is 0.425. The standard InChI is InChI=1S/C9H11N5OS2/c1-2-3-15-7-6(10)8(12-4-11-7)16-9-13-5-14-17-9/h4-5H,2-3,10H2,1H3. The molecule has 0 bridgehead atoms. The first-order valence-electron chi connectivity index (χ1n) is 4.99. The number of rotatable bonds is 5. The third-order valence-electron chi connectivity index (χ3n) is 1.78. The predicted octanol–water partition coefficient (Wildman–Crippen LogP) is 1.85. The first-order valence-corrected chi connectivity index (χ1v) is 6.58. The van der Waals surface area contributed by atoms with Gasteiger partial charge in [-0.25, -0.2) is 9.97 Å². The average molecular weight is 269 g/mol. The third-order valence-corrected chi connectivity index (χ3v) is 3.51. The van der Waals surface area contributed by atoms with Gasteiger partial charge < -0.3 is 10.5 Å². The largest absolute Gasteiger partial charge is 0.476 e. The Balaban J connectivity index is 2.17. The van der Waals surface area contributed by atoms with E-state index in [1.54, 1.807) is 0 Å². The van der Waals surface area contributed by atoms with Gasteiger partial charge in [0.25, 0.3) is 0 Å². The molecule has 17 heavy (non-hydrogen) atoms. The lowest BCUT2D eigenvalue weighted by Gasteiger charge is -2.08. The molecule has 0 saturated heterocycles. The van der Waals surface area contributed by atoms with Crippen LogP contribution in [0.25, 0.3) is 0 Å². The highest BCUT2D eigenvalue weighted by Gasteiger charge is 2.11. The van der Waals surface area contributed by atoms with Crippen LogP contribution in [-0.4, -0.2) is 25.9 Å². The minimum absolute atomic E-state index is 0.425. The Kier molecular flexibility index (Phi) is 4.10. The number of anilines is 1. The molecule has 0 saturated carbocycles. The Morgan fingerprint density at radius 1 is 1.35 bits per heavy atom. The number of aromatic nitrogens is 4. The molecular weight excluding hydrogens is 258 g/mol. The number of nitrogens with two attached hydrogens (primary N) is 1. The lowest BCUT2D eigenvalue weighted by molar-refractivity contribution is 0.305. The smallest absolute Gasteiger partial charge is 0.241 e. The highest BCUT2D eigenvalue weighted by molar-refractivity contribution is 8.01. The van der Waals surface area contributed by atoms with Crippen LogP contribution < -0.4 is 10.5 Å². The minimum Gasteiger partial charge on any atom is -0.476 e. The molecule has 0 radical (unpaired) electrons. The summed E-state index contributed by atoms with van der Waals surface area (Å²) in [5, 5.41) is 0.642. The Morgan fingerprint density at radius 2 is 2.24 bits per heavy atom. The van der Waals surface area contributed by atoms with Gasteiger partial charge in [0.1, 0.15) is 23.4 Å². The Hall–Kier alpha value is -1.41. The molecule has 0 aliphatic heterocycles. The summed E-state index contributed by atoms with van der Waals surface area (Å²) >= 11 is 2.65. The SMILES string of the molecule is CCCOc1ncnc(Sc2ncns2)c1N. The van der Waals surface area contributed by atoms with E-state index < -0.39 is 0 Å². The van der Waals surface area contributed by atoms with Crippen LogP contribution in [0.2, 0.25) is 0 Å². The lowest BCUT2D eigenvalue weighted by Crippen LogP contribution is -2.03. The van der Waals surface area contributed by atoms with Crippen molar-refractivity contribution in [1.82, 2.24) is 19.3 Å². The fourth-order valence-corrected chi connectivity index (χ4v) is 2.41. The van der Waals surface area contributed by atoms with Crippen molar-refractivity contribution in [1.29, 1.82) is 0 Å². The van der Waals surface area contributed by atoms with Crippen LogP contribution in [0.5, 0.6) is 5.88 Å². The van der Waals surface area contributed by atoms with Crippen molar-refractivity contribution >= 4 is 29.0 Å². The maximum atomic E-state index is 5.93. The van der Waals surface area contributed by atoms with E-state index in [4.69, 9.17) is 10.5 Å². The summed E-state index contributed by atoms with van der Waals surface area (Å²) in [6.45, 7) is 2.61. The van der Waals surface area contributed by atoms with Crippen LogP contribution in [0, 0.1) is 0 Å². The molecule has 0 unspecified atom stereocenters. The molecule has 0 aliphatic carbocycles. The second-order valence-corrected chi connectivity index (χ2v) is 5.07. The third kappa shape index (κ3) is 3.04. The topological polar surface area (TPSA) is 86.8 Å². The van der Waals surface area contributed by atoms with Crippen LogP contribution in [0.1, 0.15) is 13.3 Å². The Morgan fingerprint density at radius 3 is 2.94 bits per heavy atom. The maximum absolute atomic E-state index is 5.93. The van der Waals surface area contributed by atoms with Crippen molar-refractivity contribution in [2.24, 2.45) is 0 Å². The van der Waals surface area contributed by atoms with Crippen LogP contribution in [0.15, 0.2) is 22.0 Å². The Labute approximate surface area is 107 Å². The van der Waals surface area contributed by atoms with Crippen LogP contribution >= 0.6 is 23.3 Å². The molecule has 0 aliphatic rings. The van der Waals surface area contributed by atoms with Crippen molar-refractivity contribution in [3.8, 4) is 5.88 Å². The highest BCUT2D eigenvalue weighted by atomic mass is 32.2. The zero-order chi connectivity index (χ0) is 12.1. The molecule has 0 atom stereocenters. The summed E-state index contributed by atoms with van der Waals surface area (Å²) < 4.78 is 10.1. The molecule has 6 nitrogen and oxygen atoms in total. The van der Waals surface area contributed by atoms with Gasteiger partial charge in [0, 0.05) is 0 Å². The van der Waals surface area contributed by atoms with E-state index in [2.05, 4.69) is 19.3 Å². The molecule has 0 fully saturated rings. The molecule has 0 amide bonds. The molecule has 2 heterocycles. The van der Waals surface area contributed by atoms with E-state index in [0.717, 1.165) is 10.8 Å². The number of nitrogens with zero attached hydrogens (tertiary/aromatic N) is 4. The highest BCUT2D eigenvalue weighted by Crippen LogP contribution is 2.34. The number of hydrogen-bond donors (Lipinski definition) is 1. The van der Waals surface area contributed by atoms with Gasteiger partial charge in [-0.05, 0) is 29.7 Å². The van der Waals surface area contributed by atoms with E-state index in [0.29, 0.717) is 23.2 Å². The van der Waals surface area contributed by atoms with Crippen molar-refractivity contribution < 1.29 is 4.74 Å². The quantitative estimate of drug-likeness (QED) is 0.829. The van der Waals surface area contributed by atoms with E-state index in [1.165, 1.54) is 35.9 Å². The van der Waals surface area contributed by atoms with Crippen molar-refractivity contribution in [3.63, 3.8) is 0 Å². The summed E-state index contributed by atoms with van der Waals surface area (Å²) in [4.78, 5) is 12.2. The maximum Gasteiger partial charge on any atom is 0.241 e. The number of hydrogen-bond acceptors (Lipinski definition) is 8. The Bertz CT molecular complexity index is 476. The molecule has 2 aromatic rings. The van der Waals surface area contributed by atoms with E-state index >= 15 is 0 Å². The zero-order valence-electron chi connectivity index (χ0n) is 9.16. The molecule has 90 valence electrons. The van der Waals surface area contributed by atoms with Crippen molar-refractivity contribution in [2.45, 2.75) is 22.7 Å². The summed E-state index contributed by atoms with van der Waals surface area (Å²) in [7, 11) is 0. The van der Waals surface area contributed by atoms with Gasteiger partial charge in [0.15, 0.2) is 4.34 Å². The van der Waals surface area contributed by atoms with Gasteiger partial charge in [0.05, 0.1) is 6.61 Å². The van der Waals surface area contributed by atoms with Gasteiger partial charge in [-0.2, -0.15) is 9.36 Å². The van der Waals surface area contributed by atoms with Crippen molar-refractivity contribution in [2.75, 3.05) is 12.3 Å². The second-order valence-electron chi connectivity index (χ2n) is 3.06. The normalized spacial score (nSPS) is 10.4. The van der Waals surface area contributed by atoms with Crippen molar-refractivity contribution in [3.05, 3.63) is 12.7 Å². The van der Waals surface area contributed by atoms with Gasteiger partial charge in [-0.15, -0.1) is 0 Å². The average Bonchev–Trinajstić information content (AvgIpc) is 2.83. The molecule has 2 N–H and O–H groups in total. The fourth-order valence-electron chi connectivity index (χ4n) is 1.05. The monoisotopic (exact) mass is 269 g/mol. The van der Waals surface area contributed by atoms with Gasteiger partial charge in [-0.1, -0.05) is 6.92 Å².